The highest BCUT2D eigenvalue weighted by Crippen LogP contribution is 2.37. The summed E-state index contributed by atoms with van der Waals surface area (Å²) in [6, 6.07) is 10.6. The van der Waals surface area contributed by atoms with Gasteiger partial charge in [-0.05, 0) is 44.2 Å². The minimum atomic E-state index is -0.720. The molecule has 1 aromatic carbocycles. The van der Waals surface area contributed by atoms with Crippen LogP contribution < -0.4 is 24.5 Å². The quantitative estimate of drug-likeness (QED) is 0.387. The molecule has 1 atom stereocenters. The lowest BCUT2D eigenvalue weighted by molar-refractivity contribution is -0.139. The Labute approximate surface area is 231 Å². The normalized spacial score (nSPS) is 18.2. The number of allylic oxidation sites excluding steroid dienone is 1. The Balaban J connectivity index is 1.64. The number of hydrogen-bond acceptors (Lipinski definition) is 8. The van der Waals surface area contributed by atoms with Crippen molar-refractivity contribution in [2.75, 3.05) is 31.7 Å². The van der Waals surface area contributed by atoms with Gasteiger partial charge in [0.15, 0.2) is 10.7 Å². The van der Waals surface area contributed by atoms with Crippen LogP contribution in [0.5, 0.6) is 5.75 Å². The minimum Gasteiger partial charge on any atom is -0.496 e. The maximum Gasteiger partial charge on any atom is 0.338 e. The fourth-order valence-corrected chi connectivity index (χ4v) is 6.26. The molecular weight excluding hydrogens is 514 g/mol. The zero-order chi connectivity index (χ0) is 27.5. The molecule has 0 bridgehead atoms. The number of aromatic nitrogens is 1. The molecule has 0 spiro atoms. The molecule has 0 radical (unpaired) electrons. The maximum atomic E-state index is 14.0. The Morgan fingerprint density at radius 2 is 1.95 bits per heavy atom. The molecule has 2 aliphatic heterocycles. The number of nitrogens with zero attached hydrogens (tertiary/aromatic N) is 3. The predicted molar refractivity (Wildman–Crippen MR) is 152 cm³/mol. The molecule has 206 valence electrons. The van der Waals surface area contributed by atoms with Crippen molar-refractivity contribution >= 4 is 29.3 Å². The van der Waals surface area contributed by atoms with Crippen molar-refractivity contribution in [3.63, 3.8) is 0 Å². The number of hydrogen-bond donors (Lipinski definition) is 0. The fraction of sp³-hybridized carbons (Fsp3) is 0.433. The summed E-state index contributed by atoms with van der Waals surface area (Å²) in [5.41, 5.74) is 1.48. The SMILES string of the molecule is CCCC1=C(C(=O)OCC)[C@H](c2ccccc2OC)n2c(s/c(=C/c3ccc(N4CCC(C)CC4)o3)c2=O)=N1. The van der Waals surface area contributed by atoms with Gasteiger partial charge in [-0.1, -0.05) is 49.8 Å². The zero-order valence-corrected chi connectivity index (χ0v) is 23.8. The van der Waals surface area contributed by atoms with Crippen LogP contribution in [0.15, 0.2) is 61.9 Å². The first-order valence-corrected chi connectivity index (χ1v) is 14.5. The summed E-state index contributed by atoms with van der Waals surface area (Å²) in [6.45, 7) is 8.24. The van der Waals surface area contributed by atoms with Crippen LogP contribution in [0, 0.1) is 5.92 Å². The number of furan rings is 1. The molecule has 0 unspecified atom stereocenters. The van der Waals surface area contributed by atoms with Crippen molar-refractivity contribution < 1.29 is 18.7 Å². The number of piperidine rings is 1. The van der Waals surface area contributed by atoms with Gasteiger partial charge in [0.1, 0.15) is 17.6 Å². The van der Waals surface area contributed by atoms with Gasteiger partial charge in [0.05, 0.1) is 29.5 Å². The van der Waals surface area contributed by atoms with E-state index in [4.69, 9.17) is 18.9 Å². The molecule has 3 aromatic rings. The van der Waals surface area contributed by atoms with Gasteiger partial charge in [0, 0.05) is 30.8 Å². The maximum absolute atomic E-state index is 14.0. The molecule has 4 heterocycles. The third-order valence-electron chi connectivity index (χ3n) is 7.31. The monoisotopic (exact) mass is 549 g/mol. The van der Waals surface area contributed by atoms with E-state index >= 15 is 0 Å². The van der Waals surface area contributed by atoms with Gasteiger partial charge in [0.25, 0.3) is 5.56 Å². The van der Waals surface area contributed by atoms with Crippen molar-refractivity contribution in [1.82, 2.24) is 4.57 Å². The third-order valence-corrected chi connectivity index (χ3v) is 8.29. The number of methoxy groups -OCH3 is 1. The number of carbonyl (C=O) groups excluding carboxylic acids is 1. The lowest BCUT2D eigenvalue weighted by atomic mass is 9.93. The van der Waals surface area contributed by atoms with E-state index in [1.807, 2.05) is 43.3 Å². The summed E-state index contributed by atoms with van der Waals surface area (Å²) in [6.07, 6.45) is 5.42. The smallest absolute Gasteiger partial charge is 0.338 e. The summed E-state index contributed by atoms with van der Waals surface area (Å²) in [5.74, 6) is 2.28. The van der Waals surface area contributed by atoms with Crippen molar-refractivity contribution in [3.8, 4) is 5.75 Å². The Morgan fingerprint density at radius 1 is 1.18 bits per heavy atom. The number of rotatable bonds is 8. The predicted octanol–water partition coefficient (Wildman–Crippen LogP) is 4.42. The largest absolute Gasteiger partial charge is 0.496 e. The second-order valence-electron chi connectivity index (χ2n) is 10.0. The van der Waals surface area contributed by atoms with Crippen LogP contribution >= 0.6 is 11.3 Å². The number of thiazole rings is 1. The first-order valence-electron chi connectivity index (χ1n) is 13.6. The first kappa shape index (κ1) is 27.0. The average molecular weight is 550 g/mol. The van der Waals surface area contributed by atoms with Gasteiger partial charge in [-0.2, -0.15) is 0 Å². The highest BCUT2D eigenvalue weighted by Gasteiger charge is 2.35. The van der Waals surface area contributed by atoms with Gasteiger partial charge < -0.3 is 18.8 Å². The van der Waals surface area contributed by atoms with Crippen LogP contribution in [-0.4, -0.2) is 37.3 Å². The molecular formula is C30H35N3O5S. The standard InChI is InChI=1S/C30H35N3O5S/c1-5-9-22-26(29(35)37-6-2)27(21-10-7-8-11-23(21)36-4)33-28(34)24(39-30(33)31-22)18-20-12-13-25(38-20)32-16-14-19(3)15-17-32/h7-8,10-13,18-19,27H,5-6,9,14-17H2,1-4H3/b24-18+/t27-/m0/s1. The molecule has 0 saturated carbocycles. The van der Waals surface area contributed by atoms with Crippen molar-refractivity contribution in [2.45, 2.75) is 52.5 Å². The average Bonchev–Trinajstić information content (AvgIpc) is 3.53. The van der Waals surface area contributed by atoms with E-state index in [1.165, 1.54) is 11.3 Å². The van der Waals surface area contributed by atoms with Crippen LogP contribution in [0.4, 0.5) is 5.88 Å². The van der Waals surface area contributed by atoms with Gasteiger partial charge in [-0.25, -0.2) is 9.79 Å². The number of anilines is 1. The van der Waals surface area contributed by atoms with E-state index in [2.05, 4.69) is 11.8 Å². The highest BCUT2D eigenvalue weighted by molar-refractivity contribution is 7.07. The van der Waals surface area contributed by atoms with Crippen molar-refractivity contribution in [3.05, 3.63) is 78.7 Å². The second-order valence-corrected chi connectivity index (χ2v) is 11.0. The molecule has 8 nitrogen and oxygen atoms in total. The second kappa shape index (κ2) is 11.7. The molecule has 2 aliphatic rings. The number of ether oxygens (including phenoxy) is 2. The summed E-state index contributed by atoms with van der Waals surface area (Å²) >= 11 is 1.30. The van der Waals surface area contributed by atoms with Crippen LogP contribution in [0.25, 0.3) is 6.08 Å². The van der Waals surface area contributed by atoms with Crippen LogP contribution in [0.1, 0.15) is 63.8 Å². The Hall–Kier alpha value is -3.59. The van der Waals surface area contributed by atoms with Crippen LogP contribution in [-0.2, 0) is 9.53 Å². The van der Waals surface area contributed by atoms with Crippen molar-refractivity contribution in [2.24, 2.45) is 10.9 Å². The zero-order valence-electron chi connectivity index (χ0n) is 22.9. The number of benzene rings is 1. The van der Waals surface area contributed by atoms with Crippen molar-refractivity contribution in [1.29, 1.82) is 0 Å². The van der Waals surface area contributed by atoms with E-state index in [0.29, 0.717) is 44.1 Å². The topological polar surface area (TPSA) is 86.3 Å². The Kier molecular flexibility index (Phi) is 8.07. The minimum absolute atomic E-state index is 0.224. The first-order chi connectivity index (χ1) is 18.9. The summed E-state index contributed by atoms with van der Waals surface area (Å²) in [5, 5.41) is 0. The molecule has 9 heteroatoms. The molecule has 0 amide bonds. The van der Waals surface area contributed by atoms with E-state index in [1.54, 1.807) is 24.7 Å². The Morgan fingerprint density at radius 3 is 2.67 bits per heavy atom. The number of carbonyl (C=O) groups is 1. The highest BCUT2D eigenvalue weighted by atomic mass is 32.1. The fourth-order valence-electron chi connectivity index (χ4n) is 5.26. The lowest BCUT2D eigenvalue weighted by Crippen LogP contribution is -2.40. The summed E-state index contributed by atoms with van der Waals surface area (Å²) in [4.78, 5) is 34.9. The van der Waals surface area contributed by atoms with Gasteiger partial charge in [-0.3, -0.25) is 9.36 Å². The molecule has 1 fully saturated rings. The molecule has 0 N–H and O–H groups in total. The number of fused-ring (bicyclic) bond motifs is 1. The lowest BCUT2D eigenvalue weighted by Gasteiger charge is -2.29. The van der Waals surface area contributed by atoms with E-state index in [0.717, 1.165) is 44.2 Å². The number of esters is 1. The van der Waals surface area contributed by atoms with Gasteiger partial charge >= 0.3 is 5.97 Å². The van der Waals surface area contributed by atoms with E-state index in [9.17, 15) is 9.59 Å². The summed E-state index contributed by atoms with van der Waals surface area (Å²) < 4.78 is 19.4. The molecule has 39 heavy (non-hydrogen) atoms. The summed E-state index contributed by atoms with van der Waals surface area (Å²) in [7, 11) is 1.58. The van der Waals surface area contributed by atoms with E-state index in [-0.39, 0.29) is 12.2 Å². The van der Waals surface area contributed by atoms with Crippen LogP contribution in [0.3, 0.4) is 0 Å². The van der Waals surface area contributed by atoms with Gasteiger partial charge in [-0.15, -0.1) is 0 Å². The van der Waals surface area contributed by atoms with E-state index < -0.39 is 12.0 Å². The third kappa shape index (κ3) is 5.32. The molecule has 1 saturated heterocycles. The van der Waals surface area contributed by atoms with Crippen LogP contribution in [0.2, 0.25) is 0 Å². The Bertz CT molecular complexity index is 1560. The van der Waals surface area contributed by atoms with Gasteiger partial charge in [0.2, 0.25) is 0 Å². The number of para-hydroxylation sites is 1. The molecule has 5 rings (SSSR count). The molecule has 0 aliphatic carbocycles. The molecule has 2 aromatic heterocycles.